The molecule has 0 aromatic heterocycles. The van der Waals surface area contributed by atoms with Gasteiger partial charge >= 0.3 is 5.97 Å². The van der Waals surface area contributed by atoms with Crippen molar-refractivity contribution in [2.75, 3.05) is 6.54 Å². The van der Waals surface area contributed by atoms with Gasteiger partial charge in [-0.15, -0.1) is 0 Å². The Morgan fingerprint density at radius 1 is 0.917 bits per heavy atom. The average molecular weight is 507 g/mol. The number of aliphatic imine (C=N–C) groups is 1. The van der Waals surface area contributed by atoms with Gasteiger partial charge in [0.1, 0.15) is 18.1 Å². The Balaban J connectivity index is 2.73. The van der Waals surface area contributed by atoms with Gasteiger partial charge in [0.2, 0.25) is 23.6 Å². The molecule has 0 aliphatic heterocycles. The number of aliphatic carboxylic acids is 1. The second kappa shape index (κ2) is 14.9. The largest absolute Gasteiger partial charge is 0.480 e. The molecule has 1 aromatic rings. The summed E-state index contributed by atoms with van der Waals surface area (Å²) in [4.78, 5) is 64.3. The van der Waals surface area contributed by atoms with Crippen molar-refractivity contribution < 1.29 is 29.1 Å². The Hall–Kier alpha value is -4.20. The van der Waals surface area contributed by atoms with Crippen molar-refractivity contribution in [2.24, 2.45) is 27.9 Å². The SMILES string of the molecule is CC(NC(=O)C(CC(N)=O)NC(=O)C(N)Cc1ccccc1)C(=O)NC(CCCN=C(N)N)C(=O)O. The lowest BCUT2D eigenvalue weighted by Gasteiger charge is -2.23. The normalized spacial score (nSPS) is 13.8. The number of amides is 4. The van der Waals surface area contributed by atoms with E-state index in [9.17, 15) is 29.1 Å². The number of rotatable bonds is 15. The summed E-state index contributed by atoms with van der Waals surface area (Å²) in [5.41, 5.74) is 22.3. The van der Waals surface area contributed by atoms with E-state index < -0.39 is 60.2 Å². The molecule has 14 heteroatoms. The molecule has 0 saturated heterocycles. The highest BCUT2D eigenvalue weighted by molar-refractivity contribution is 5.96. The van der Waals surface area contributed by atoms with Crippen LogP contribution < -0.4 is 38.9 Å². The summed E-state index contributed by atoms with van der Waals surface area (Å²) >= 11 is 0. The van der Waals surface area contributed by atoms with Crippen LogP contribution in [0.4, 0.5) is 0 Å². The lowest BCUT2D eigenvalue weighted by molar-refractivity contribution is -0.142. The van der Waals surface area contributed by atoms with Gasteiger partial charge in [0.25, 0.3) is 0 Å². The third-order valence-corrected chi connectivity index (χ3v) is 4.99. The highest BCUT2D eigenvalue weighted by Crippen LogP contribution is 2.04. The summed E-state index contributed by atoms with van der Waals surface area (Å²) in [6.07, 6.45) is -0.0211. The van der Waals surface area contributed by atoms with E-state index in [1.165, 1.54) is 6.92 Å². The lowest BCUT2D eigenvalue weighted by atomic mass is 10.1. The summed E-state index contributed by atoms with van der Waals surface area (Å²) in [6.45, 7) is 1.49. The fourth-order valence-electron chi connectivity index (χ4n) is 3.09. The molecule has 4 unspecified atom stereocenters. The van der Waals surface area contributed by atoms with E-state index in [1.807, 2.05) is 6.07 Å². The van der Waals surface area contributed by atoms with Crippen LogP contribution in [0.2, 0.25) is 0 Å². The van der Waals surface area contributed by atoms with Crippen molar-refractivity contribution in [3.63, 3.8) is 0 Å². The number of nitrogens with zero attached hydrogens (tertiary/aromatic N) is 1. The number of carbonyl (C=O) groups is 5. The van der Waals surface area contributed by atoms with Crippen LogP contribution in [-0.4, -0.2) is 71.4 Å². The van der Waals surface area contributed by atoms with Crippen molar-refractivity contribution in [2.45, 2.75) is 56.8 Å². The zero-order chi connectivity index (χ0) is 27.3. The Morgan fingerprint density at radius 3 is 2.08 bits per heavy atom. The molecule has 14 nitrogen and oxygen atoms in total. The highest BCUT2D eigenvalue weighted by atomic mass is 16.4. The van der Waals surface area contributed by atoms with Crippen molar-refractivity contribution in [1.82, 2.24) is 16.0 Å². The van der Waals surface area contributed by atoms with Crippen LogP contribution >= 0.6 is 0 Å². The van der Waals surface area contributed by atoms with Crippen molar-refractivity contribution in [3.05, 3.63) is 35.9 Å². The minimum absolute atomic E-state index is 0.0399. The quantitative estimate of drug-likeness (QED) is 0.0685. The maximum absolute atomic E-state index is 12.7. The second-order valence-electron chi connectivity index (χ2n) is 8.11. The monoisotopic (exact) mass is 506 g/mol. The number of carbonyl (C=O) groups excluding carboxylic acids is 4. The minimum atomic E-state index is -1.39. The van der Waals surface area contributed by atoms with Crippen LogP contribution in [-0.2, 0) is 30.4 Å². The van der Waals surface area contributed by atoms with Crippen LogP contribution in [0.3, 0.4) is 0 Å². The Labute approximate surface area is 208 Å². The fraction of sp³-hybridized carbons (Fsp3) is 0.455. The molecule has 0 heterocycles. The van der Waals surface area contributed by atoms with Gasteiger partial charge in [0.05, 0.1) is 12.5 Å². The molecule has 0 fully saturated rings. The summed E-state index contributed by atoms with van der Waals surface area (Å²) < 4.78 is 0. The number of nitrogens with two attached hydrogens (primary N) is 4. The van der Waals surface area contributed by atoms with Crippen LogP contribution in [0, 0.1) is 0 Å². The molecule has 4 atom stereocenters. The summed E-state index contributed by atoms with van der Waals surface area (Å²) in [6, 6.07) is 4.12. The number of nitrogens with one attached hydrogen (secondary N) is 3. The maximum atomic E-state index is 12.7. The van der Waals surface area contributed by atoms with Gasteiger partial charge in [-0.25, -0.2) is 4.79 Å². The Kier molecular flexibility index (Phi) is 12.4. The number of carboxylic acids is 1. The van der Waals surface area contributed by atoms with Crippen LogP contribution in [0.15, 0.2) is 35.3 Å². The maximum Gasteiger partial charge on any atom is 0.326 e. The molecular formula is C22H34N8O6. The van der Waals surface area contributed by atoms with Gasteiger partial charge in [-0.2, -0.15) is 0 Å². The van der Waals surface area contributed by atoms with Crippen LogP contribution in [0.1, 0.15) is 31.7 Å². The Bertz CT molecular complexity index is 951. The van der Waals surface area contributed by atoms with Crippen molar-refractivity contribution in [1.29, 1.82) is 0 Å². The van der Waals surface area contributed by atoms with Crippen molar-refractivity contribution >= 4 is 35.6 Å². The van der Waals surface area contributed by atoms with E-state index in [1.54, 1.807) is 24.3 Å². The first-order valence-electron chi connectivity index (χ1n) is 11.2. The van der Waals surface area contributed by atoms with E-state index in [-0.39, 0.29) is 31.8 Å². The number of primary amides is 1. The molecule has 0 bridgehead atoms. The molecule has 0 saturated carbocycles. The first-order chi connectivity index (χ1) is 16.9. The van der Waals surface area contributed by atoms with Gasteiger partial charge < -0.3 is 44.0 Å². The summed E-state index contributed by atoms with van der Waals surface area (Å²) in [5.74, 6) is -4.63. The number of hydrogen-bond acceptors (Lipinski definition) is 7. The van der Waals surface area contributed by atoms with Crippen LogP contribution in [0.5, 0.6) is 0 Å². The van der Waals surface area contributed by atoms with E-state index in [2.05, 4.69) is 20.9 Å². The fourth-order valence-corrected chi connectivity index (χ4v) is 3.09. The number of guanidine groups is 1. The molecule has 0 aliphatic rings. The molecule has 1 aromatic carbocycles. The summed E-state index contributed by atoms with van der Waals surface area (Å²) in [7, 11) is 0. The third-order valence-electron chi connectivity index (χ3n) is 4.99. The molecule has 12 N–H and O–H groups in total. The van der Waals surface area contributed by atoms with E-state index in [4.69, 9.17) is 22.9 Å². The van der Waals surface area contributed by atoms with E-state index >= 15 is 0 Å². The molecule has 0 spiro atoms. The molecule has 1 rings (SSSR count). The zero-order valence-electron chi connectivity index (χ0n) is 20.0. The smallest absolute Gasteiger partial charge is 0.326 e. The number of carboxylic acid groups (broad SMARTS) is 1. The van der Waals surface area contributed by atoms with E-state index in [0.717, 1.165) is 5.56 Å². The molecular weight excluding hydrogens is 472 g/mol. The number of hydrogen-bond donors (Lipinski definition) is 8. The Morgan fingerprint density at radius 2 is 1.53 bits per heavy atom. The molecule has 4 amide bonds. The van der Waals surface area contributed by atoms with Crippen molar-refractivity contribution in [3.8, 4) is 0 Å². The summed E-state index contributed by atoms with van der Waals surface area (Å²) in [5, 5.41) is 16.4. The predicted octanol–water partition coefficient (Wildman–Crippen LogP) is -2.96. The minimum Gasteiger partial charge on any atom is -0.480 e. The molecule has 36 heavy (non-hydrogen) atoms. The molecule has 198 valence electrons. The number of benzene rings is 1. The highest BCUT2D eigenvalue weighted by Gasteiger charge is 2.29. The third kappa shape index (κ3) is 11.3. The first kappa shape index (κ1) is 29.8. The lowest BCUT2D eigenvalue weighted by Crippen LogP contribution is -2.57. The van der Waals surface area contributed by atoms with Gasteiger partial charge in [-0.3, -0.25) is 24.2 Å². The van der Waals surface area contributed by atoms with Gasteiger partial charge in [-0.05, 0) is 31.7 Å². The molecule has 0 radical (unpaired) electrons. The van der Waals surface area contributed by atoms with Crippen LogP contribution in [0.25, 0.3) is 0 Å². The zero-order valence-corrected chi connectivity index (χ0v) is 20.0. The topological polar surface area (TPSA) is 258 Å². The average Bonchev–Trinajstić information content (AvgIpc) is 2.80. The molecule has 0 aliphatic carbocycles. The second-order valence-corrected chi connectivity index (χ2v) is 8.11. The standard InChI is InChI=1S/C22H34N8O6/c1-12(18(32)29-15(21(35)36)8-5-9-27-22(25)26)28-20(34)16(11-17(24)31)30-19(33)14(23)10-13-6-3-2-4-7-13/h2-4,6-7,12,14-16H,5,8-11,23H2,1H3,(H2,24,31)(H,28,34)(H,29,32)(H,30,33)(H,35,36)(H4,25,26,27). The van der Waals surface area contributed by atoms with Gasteiger partial charge in [0, 0.05) is 6.54 Å². The van der Waals surface area contributed by atoms with E-state index in [0.29, 0.717) is 0 Å². The van der Waals surface area contributed by atoms with Gasteiger partial charge in [-0.1, -0.05) is 30.3 Å². The first-order valence-corrected chi connectivity index (χ1v) is 11.2. The van der Waals surface area contributed by atoms with Gasteiger partial charge in [0.15, 0.2) is 5.96 Å². The predicted molar refractivity (Wildman–Crippen MR) is 131 cm³/mol.